The molecule has 1 heterocycles. The lowest BCUT2D eigenvalue weighted by Gasteiger charge is -2.39. The van der Waals surface area contributed by atoms with Gasteiger partial charge < -0.3 is 14.4 Å². The molecule has 0 spiro atoms. The molecule has 5 aromatic rings. The van der Waals surface area contributed by atoms with Gasteiger partial charge in [-0.05, 0) is 72.4 Å². The number of nitrogens with zero attached hydrogens (tertiary/aromatic N) is 3. The Hall–Kier alpha value is -5.12. The summed E-state index contributed by atoms with van der Waals surface area (Å²) in [6, 6.07) is 46.2. The van der Waals surface area contributed by atoms with Gasteiger partial charge in [-0.25, -0.2) is 13.2 Å². The van der Waals surface area contributed by atoms with E-state index in [1.54, 1.807) is 36.3 Å². The molecule has 51 heavy (non-hydrogen) atoms. The Balaban J connectivity index is 1.16. The van der Waals surface area contributed by atoms with Crippen LogP contribution in [0.5, 0.6) is 5.75 Å². The van der Waals surface area contributed by atoms with Crippen LogP contribution >= 0.6 is 0 Å². The van der Waals surface area contributed by atoms with Gasteiger partial charge in [-0.15, -0.1) is 0 Å². The molecule has 1 aliphatic rings. The van der Waals surface area contributed by atoms with Crippen molar-refractivity contribution in [3.63, 3.8) is 0 Å². The van der Waals surface area contributed by atoms with E-state index in [0.29, 0.717) is 56.9 Å². The number of sulfonamides is 1. The summed E-state index contributed by atoms with van der Waals surface area (Å²) < 4.78 is 41.0. The van der Waals surface area contributed by atoms with Crippen molar-refractivity contribution in [2.75, 3.05) is 31.1 Å². The zero-order valence-corrected chi connectivity index (χ0v) is 29.8. The summed E-state index contributed by atoms with van der Waals surface area (Å²) in [7, 11) is -2.34. The van der Waals surface area contributed by atoms with Crippen LogP contribution in [0.25, 0.3) is 0 Å². The molecular formula is C42H45N3O5S. The molecule has 9 heteroatoms. The Morgan fingerprint density at radius 2 is 1.20 bits per heavy atom. The highest BCUT2D eigenvalue weighted by Crippen LogP contribution is 2.31. The maximum Gasteiger partial charge on any atom is 0.409 e. The summed E-state index contributed by atoms with van der Waals surface area (Å²) >= 11 is 0. The number of para-hydroxylation sites is 1. The van der Waals surface area contributed by atoms with Crippen LogP contribution in [0.3, 0.4) is 0 Å². The summed E-state index contributed by atoms with van der Waals surface area (Å²) in [5.74, 6) is 0.585. The summed E-state index contributed by atoms with van der Waals surface area (Å²) in [5.41, 5.74) is 4.14. The second-order valence-electron chi connectivity index (χ2n) is 12.8. The van der Waals surface area contributed by atoms with Crippen LogP contribution in [-0.2, 0) is 34.3 Å². The zero-order chi connectivity index (χ0) is 35.5. The van der Waals surface area contributed by atoms with E-state index in [1.165, 1.54) is 21.0 Å². The Bertz CT molecular complexity index is 1860. The normalized spacial score (nSPS) is 14.2. The van der Waals surface area contributed by atoms with Gasteiger partial charge in [0.2, 0.25) is 0 Å². The molecule has 0 unspecified atom stereocenters. The fourth-order valence-electron chi connectivity index (χ4n) is 6.65. The average Bonchev–Trinajstić information content (AvgIpc) is 3.18. The van der Waals surface area contributed by atoms with Gasteiger partial charge in [-0.3, -0.25) is 9.21 Å². The first-order chi connectivity index (χ1) is 24.9. The maximum absolute atomic E-state index is 14.1. The summed E-state index contributed by atoms with van der Waals surface area (Å²) in [6.45, 7) is 2.38. The van der Waals surface area contributed by atoms with Gasteiger partial charge in [0, 0.05) is 38.3 Å². The minimum absolute atomic E-state index is 0.0856. The van der Waals surface area contributed by atoms with Crippen molar-refractivity contribution in [3.05, 3.63) is 162 Å². The number of hydrogen-bond acceptors (Lipinski definition) is 6. The molecule has 0 aromatic heterocycles. The number of methoxy groups -OCH3 is 1. The molecule has 1 aliphatic heterocycles. The molecule has 1 saturated heterocycles. The molecule has 5 aromatic carbocycles. The first kappa shape index (κ1) is 35.7. The minimum atomic E-state index is -3.89. The molecule has 8 nitrogen and oxygen atoms in total. The van der Waals surface area contributed by atoms with Gasteiger partial charge in [0.1, 0.15) is 12.4 Å². The largest absolute Gasteiger partial charge is 0.497 e. The van der Waals surface area contributed by atoms with Crippen molar-refractivity contribution >= 4 is 21.8 Å². The van der Waals surface area contributed by atoms with Crippen molar-refractivity contribution in [2.45, 2.75) is 49.3 Å². The SMILES string of the molecule is COc1ccc(S(=O)(=O)N(c2ccccc2)C2CCN(C(=O)OC[C@@H](Cc3ccccc3)N(Cc3ccccc3)Cc3ccccc3)CC2)cc1. The third-order valence-electron chi connectivity index (χ3n) is 9.37. The highest BCUT2D eigenvalue weighted by Gasteiger charge is 2.36. The standard InChI is InChI=1S/C42H45N3O5S/c1-49-40-22-24-41(25-23-40)51(47,48)45(37-20-12-5-13-21-37)38-26-28-43(29-27-38)42(46)50-33-39(30-34-14-6-2-7-15-34)44(31-35-16-8-3-9-17-35)32-36-18-10-4-11-19-36/h2-25,38-39H,26-33H2,1H3/t39-/m1/s1. The van der Waals surface area contributed by atoms with Crippen LogP contribution in [0, 0.1) is 0 Å². The van der Waals surface area contributed by atoms with E-state index in [9.17, 15) is 13.2 Å². The van der Waals surface area contributed by atoms with Gasteiger partial charge >= 0.3 is 6.09 Å². The number of piperidine rings is 1. The number of benzene rings is 5. The minimum Gasteiger partial charge on any atom is -0.497 e. The molecule has 0 bridgehead atoms. The van der Waals surface area contributed by atoms with E-state index in [4.69, 9.17) is 9.47 Å². The second kappa shape index (κ2) is 17.2. The molecule has 0 N–H and O–H groups in total. The van der Waals surface area contributed by atoms with Crippen molar-refractivity contribution in [2.24, 2.45) is 0 Å². The van der Waals surface area contributed by atoms with E-state index in [1.807, 2.05) is 84.9 Å². The van der Waals surface area contributed by atoms with Crippen LogP contribution < -0.4 is 9.04 Å². The topological polar surface area (TPSA) is 79.4 Å². The summed E-state index contributed by atoms with van der Waals surface area (Å²) in [6.07, 6.45) is 1.28. The van der Waals surface area contributed by atoms with Crippen LogP contribution in [0.2, 0.25) is 0 Å². The van der Waals surface area contributed by atoms with Crippen LogP contribution in [-0.4, -0.2) is 63.2 Å². The monoisotopic (exact) mass is 703 g/mol. The van der Waals surface area contributed by atoms with Gasteiger partial charge in [-0.1, -0.05) is 109 Å². The summed E-state index contributed by atoms with van der Waals surface area (Å²) in [5, 5.41) is 0. The van der Waals surface area contributed by atoms with Crippen molar-refractivity contribution < 1.29 is 22.7 Å². The molecule has 264 valence electrons. The van der Waals surface area contributed by atoms with E-state index in [-0.39, 0.29) is 29.7 Å². The van der Waals surface area contributed by atoms with Crippen LogP contribution in [0.4, 0.5) is 10.5 Å². The molecule has 0 saturated carbocycles. The zero-order valence-electron chi connectivity index (χ0n) is 29.0. The van der Waals surface area contributed by atoms with E-state index in [2.05, 4.69) is 41.3 Å². The van der Waals surface area contributed by atoms with E-state index in [0.717, 1.165) is 0 Å². The fraction of sp³-hybridized carbons (Fsp3) is 0.262. The molecule has 1 fully saturated rings. The number of likely N-dealkylation sites (tertiary alicyclic amines) is 1. The predicted octanol–water partition coefficient (Wildman–Crippen LogP) is 7.81. The lowest BCUT2D eigenvalue weighted by molar-refractivity contribution is 0.0540. The number of amides is 1. The number of carbonyl (C=O) groups is 1. The lowest BCUT2D eigenvalue weighted by Crippen LogP contribution is -2.49. The van der Waals surface area contributed by atoms with Gasteiger partial charge in [-0.2, -0.15) is 0 Å². The van der Waals surface area contributed by atoms with Crippen molar-refractivity contribution in [1.29, 1.82) is 0 Å². The number of carbonyl (C=O) groups excluding carboxylic acids is 1. The van der Waals surface area contributed by atoms with Gasteiger partial charge in [0.25, 0.3) is 10.0 Å². The highest BCUT2D eigenvalue weighted by atomic mass is 32.2. The first-order valence-electron chi connectivity index (χ1n) is 17.4. The van der Waals surface area contributed by atoms with E-state index < -0.39 is 10.0 Å². The molecular weight excluding hydrogens is 659 g/mol. The van der Waals surface area contributed by atoms with Crippen molar-refractivity contribution in [1.82, 2.24) is 9.80 Å². The third kappa shape index (κ3) is 9.36. The second-order valence-corrected chi connectivity index (χ2v) is 14.6. The molecule has 0 radical (unpaired) electrons. The smallest absolute Gasteiger partial charge is 0.409 e. The molecule has 1 amide bonds. The van der Waals surface area contributed by atoms with E-state index >= 15 is 0 Å². The Kier molecular flexibility index (Phi) is 12.0. The molecule has 6 rings (SSSR count). The lowest BCUT2D eigenvalue weighted by atomic mass is 10.0. The van der Waals surface area contributed by atoms with Crippen LogP contribution in [0.15, 0.2) is 150 Å². The average molecular weight is 704 g/mol. The third-order valence-corrected chi connectivity index (χ3v) is 11.3. The Morgan fingerprint density at radius 1 is 0.706 bits per heavy atom. The quantitative estimate of drug-likeness (QED) is 0.118. The number of hydrogen-bond donors (Lipinski definition) is 0. The van der Waals surface area contributed by atoms with Gasteiger partial charge in [0.05, 0.1) is 17.7 Å². The van der Waals surface area contributed by atoms with Crippen LogP contribution in [0.1, 0.15) is 29.5 Å². The Morgan fingerprint density at radius 3 is 1.71 bits per heavy atom. The maximum atomic E-state index is 14.1. The number of ether oxygens (including phenoxy) is 2. The molecule has 1 atom stereocenters. The fourth-order valence-corrected chi connectivity index (χ4v) is 8.36. The Labute approximate surface area is 301 Å². The number of anilines is 1. The first-order valence-corrected chi connectivity index (χ1v) is 18.9. The predicted molar refractivity (Wildman–Crippen MR) is 201 cm³/mol. The molecule has 0 aliphatic carbocycles. The summed E-state index contributed by atoms with van der Waals surface area (Å²) in [4.78, 5) is 17.9. The number of rotatable bonds is 14. The van der Waals surface area contributed by atoms with Gasteiger partial charge in [0.15, 0.2) is 0 Å². The highest BCUT2D eigenvalue weighted by molar-refractivity contribution is 7.92. The van der Waals surface area contributed by atoms with Crippen molar-refractivity contribution in [3.8, 4) is 5.75 Å².